The van der Waals surface area contributed by atoms with Crippen molar-refractivity contribution in [2.75, 3.05) is 6.54 Å². The molecule has 0 spiro atoms. The SMILES string of the molecule is N#CC1(NC(=O)C2CC(S(=O)(=O)c3ccccn3)CN2)CC1. The summed E-state index contributed by atoms with van der Waals surface area (Å²) in [5.41, 5.74) is -0.739. The van der Waals surface area contributed by atoms with E-state index in [4.69, 9.17) is 5.26 Å². The van der Waals surface area contributed by atoms with Crippen LogP contribution < -0.4 is 10.6 Å². The van der Waals surface area contributed by atoms with Crippen molar-refractivity contribution in [2.45, 2.75) is 41.1 Å². The number of hydrogen-bond acceptors (Lipinski definition) is 6. The first-order chi connectivity index (χ1) is 10.5. The molecule has 1 amide bonds. The van der Waals surface area contributed by atoms with Crippen molar-refractivity contribution in [2.24, 2.45) is 0 Å². The number of aromatic nitrogens is 1. The molecule has 1 aliphatic heterocycles. The minimum Gasteiger partial charge on any atom is -0.336 e. The lowest BCUT2D eigenvalue weighted by Gasteiger charge is -2.14. The molecule has 2 fully saturated rings. The molecule has 2 unspecified atom stereocenters. The average Bonchev–Trinajstić information content (AvgIpc) is 3.11. The summed E-state index contributed by atoms with van der Waals surface area (Å²) in [6, 6.07) is 6.23. The van der Waals surface area contributed by atoms with E-state index >= 15 is 0 Å². The van der Waals surface area contributed by atoms with E-state index in [0.29, 0.717) is 12.8 Å². The van der Waals surface area contributed by atoms with Crippen molar-refractivity contribution in [1.29, 1.82) is 5.26 Å². The van der Waals surface area contributed by atoms with Crippen LogP contribution in [-0.2, 0) is 14.6 Å². The van der Waals surface area contributed by atoms with Gasteiger partial charge < -0.3 is 10.6 Å². The average molecular weight is 320 g/mol. The van der Waals surface area contributed by atoms with Crippen LogP contribution in [0.2, 0.25) is 0 Å². The molecule has 7 nitrogen and oxygen atoms in total. The molecule has 1 aromatic rings. The largest absolute Gasteiger partial charge is 0.336 e. The van der Waals surface area contributed by atoms with Gasteiger partial charge in [0.2, 0.25) is 5.91 Å². The summed E-state index contributed by atoms with van der Waals surface area (Å²) in [5, 5.41) is 14.0. The van der Waals surface area contributed by atoms with E-state index in [1.807, 2.05) is 0 Å². The second kappa shape index (κ2) is 5.34. The highest BCUT2D eigenvalue weighted by molar-refractivity contribution is 7.92. The van der Waals surface area contributed by atoms with Gasteiger partial charge in [0, 0.05) is 12.7 Å². The fourth-order valence-corrected chi connectivity index (χ4v) is 4.12. The van der Waals surface area contributed by atoms with Crippen LogP contribution in [0.5, 0.6) is 0 Å². The van der Waals surface area contributed by atoms with Crippen LogP contribution in [0.1, 0.15) is 19.3 Å². The summed E-state index contributed by atoms with van der Waals surface area (Å²) in [5.74, 6) is -0.308. The predicted molar refractivity (Wildman–Crippen MR) is 77.3 cm³/mol. The minimum absolute atomic E-state index is 0.0264. The first-order valence-electron chi connectivity index (χ1n) is 7.08. The topological polar surface area (TPSA) is 112 Å². The number of amides is 1. The van der Waals surface area contributed by atoms with Crippen LogP contribution in [0.4, 0.5) is 0 Å². The van der Waals surface area contributed by atoms with E-state index in [2.05, 4.69) is 21.7 Å². The molecule has 1 aromatic heterocycles. The predicted octanol–water partition coefficient (Wildman–Crippen LogP) is -0.242. The summed E-state index contributed by atoms with van der Waals surface area (Å²) in [6.45, 7) is 0.205. The molecule has 22 heavy (non-hydrogen) atoms. The van der Waals surface area contributed by atoms with Crippen molar-refractivity contribution in [1.82, 2.24) is 15.6 Å². The standard InChI is InChI=1S/C14H16N4O3S/c15-9-14(4-5-14)18-13(19)11-7-10(8-17-11)22(20,21)12-3-1-2-6-16-12/h1-3,6,10-11,17H,4-5,7-8H2,(H,18,19). The zero-order chi connectivity index (χ0) is 15.8. The molecule has 1 aliphatic carbocycles. The lowest BCUT2D eigenvalue weighted by molar-refractivity contribution is -0.123. The molecule has 0 radical (unpaired) electrons. The van der Waals surface area contributed by atoms with Gasteiger partial charge in [-0.1, -0.05) is 6.07 Å². The van der Waals surface area contributed by atoms with E-state index in [1.165, 1.54) is 12.3 Å². The number of nitrogens with zero attached hydrogens (tertiary/aromatic N) is 2. The number of hydrogen-bond donors (Lipinski definition) is 2. The Hall–Kier alpha value is -1.98. The number of nitriles is 1. The Morgan fingerprint density at radius 3 is 2.82 bits per heavy atom. The number of pyridine rings is 1. The lowest BCUT2D eigenvalue weighted by Crippen LogP contribution is -2.45. The Morgan fingerprint density at radius 1 is 1.45 bits per heavy atom. The number of nitrogens with one attached hydrogen (secondary N) is 2. The molecule has 116 valence electrons. The molecular formula is C14H16N4O3S. The number of rotatable bonds is 4. The fourth-order valence-electron chi connectivity index (χ4n) is 2.54. The molecule has 2 heterocycles. The Morgan fingerprint density at radius 2 is 2.23 bits per heavy atom. The summed E-state index contributed by atoms with van der Waals surface area (Å²) >= 11 is 0. The minimum atomic E-state index is -3.56. The second-order valence-corrected chi connectivity index (χ2v) is 7.89. The molecule has 0 bridgehead atoms. The Bertz CT molecular complexity index is 722. The third-order valence-corrected chi connectivity index (χ3v) is 6.16. The van der Waals surface area contributed by atoms with Crippen LogP contribution in [-0.4, -0.2) is 42.7 Å². The zero-order valence-electron chi connectivity index (χ0n) is 11.8. The van der Waals surface area contributed by atoms with Crippen molar-refractivity contribution in [3.05, 3.63) is 24.4 Å². The summed E-state index contributed by atoms with van der Waals surface area (Å²) in [6.07, 6.45) is 2.92. The van der Waals surface area contributed by atoms with Gasteiger partial charge in [0.15, 0.2) is 14.9 Å². The summed E-state index contributed by atoms with van der Waals surface area (Å²) in [4.78, 5) is 16.0. The molecule has 0 aromatic carbocycles. The van der Waals surface area contributed by atoms with E-state index in [1.54, 1.807) is 12.1 Å². The van der Waals surface area contributed by atoms with Gasteiger partial charge in [0.1, 0.15) is 5.54 Å². The maximum absolute atomic E-state index is 12.5. The zero-order valence-corrected chi connectivity index (χ0v) is 12.6. The molecule has 2 atom stereocenters. The van der Waals surface area contributed by atoms with Crippen molar-refractivity contribution in [3.63, 3.8) is 0 Å². The highest BCUT2D eigenvalue weighted by atomic mass is 32.2. The highest BCUT2D eigenvalue weighted by Gasteiger charge is 2.47. The molecular weight excluding hydrogens is 304 g/mol. The van der Waals surface area contributed by atoms with E-state index in [9.17, 15) is 13.2 Å². The van der Waals surface area contributed by atoms with E-state index in [0.717, 1.165) is 0 Å². The van der Waals surface area contributed by atoms with Crippen LogP contribution >= 0.6 is 0 Å². The molecule has 3 rings (SSSR count). The Kier molecular flexibility index (Phi) is 3.62. The van der Waals surface area contributed by atoms with E-state index in [-0.39, 0.29) is 23.9 Å². The van der Waals surface area contributed by atoms with Crippen LogP contribution in [0.15, 0.2) is 29.4 Å². The van der Waals surface area contributed by atoms with Gasteiger partial charge in [0.05, 0.1) is 17.4 Å². The Balaban J connectivity index is 1.68. The molecule has 1 saturated carbocycles. The lowest BCUT2D eigenvalue weighted by atomic mass is 10.2. The second-order valence-electron chi connectivity index (χ2n) is 5.71. The van der Waals surface area contributed by atoms with Crippen LogP contribution in [0.3, 0.4) is 0 Å². The van der Waals surface area contributed by atoms with Crippen molar-refractivity contribution >= 4 is 15.7 Å². The molecule has 2 N–H and O–H groups in total. The fraction of sp³-hybridized carbons (Fsp3) is 0.500. The van der Waals surface area contributed by atoms with Crippen LogP contribution in [0.25, 0.3) is 0 Å². The molecule has 2 aliphatic rings. The summed E-state index contributed by atoms with van der Waals surface area (Å²) in [7, 11) is -3.56. The first-order valence-corrected chi connectivity index (χ1v) is 8.63. The van der Waals surface area contributed by atoms with Crippen molar-refractivity contribution < 1.29 is 13.2 Å². The number of carbonyl (C=O) groups is 1. The third kappa shape index (κ3) is 2.69. The number of sulfone groups is 1. The normalized spacial score (nSPS) is 26.1. The van der Waals surface area contributed by atoms with Gasteiger partial charge in [-0.2, -0.15) is 5.26 Å². The van der Waals surface area contributed by atoms with Crippen LogP contribution in [0, 0.1) is 11.3 Å². The first kappa shape index (κ1) is 14.9. The van der Waals surface area contributed by atoms with Gasteiger partial charge >= 0.3 is 0 Å². The van der Waals surface area contributed by atoms with Crippen molar-refractivity contribution in [3.8, 4) is 6.07 Å². The quantitative estimate of drug-likeness (QED) is 0.792. The monoisotopic (exact) mass is 320 g/mol. The molecule has 1 saturated heterocycles. The third-order valence-electron chi connectivity index (χ3n) is 4.10. The maximum atomic E-state index is 12.5. The van der Waals surface area contributed by atoms with Gasteiger partial charge in [-0.15, -0.1) is 0 Å². The smallest absolute Gasteiger partial charge is 0.238 e. The maximum Gasteiger partial charge on any atom is 0.238 e. The number of carbonyl (C=O) groups excluding carboxylic acids is 1. The summed E-state index contributed by atoms with van der Waals surface area (Å²) < 4.78 is 24.9. The Labute approximate surface area is 128 Å². The van der Waals surface area contributed by atoms with E-state index < -0.39 is 26.7 Å². The van der Waals surface area contributed by atoms with Gasteiger partial charge in [-0.25, -0.2) is 13.4 Å². The highest BCUT2D eigenvalue weighted by Crippen LogP contribution is 2.34. The van der Waals surface area contributed by atoms with Gasteiger partial charge in [-0.3, -0.25) is 4.79 Å². The van der Waals surface area contributed by atoms with Gasteiger partial charge in [0.25, 0.3) is 0 Å². The van der Waals surface area contributed by atoms with Gasteiger partial charge in [-0.05, 0) is 31.4 Å². The molecule has 8 heteroatoms.